The molecule has 1 amide bonds. The van der Waals surface area contributed by atoms with Gasteiger partial charge in [0.15, 0.2) is 0 Å². The molecular weight excluding hydrogens is 512 g/mol. The smallest absolute Gasteiger partial charge is 0.341 e. The molecule has 0 bridgehead atoms. The third kappa shape index (κ3) is 5.05. The number of pyridine rings is 1. The van der Waals surface area contributed by atoms with Gasteiger partial charge < -0.3 is 10.1 Å². The van der Waals surface area contributed by atoms with E-state index in [2.05, 4.69) is 21.2 Å². The lowest BCUT2D eigenvalue weighted by Crippen LogP contribution is -2.15. The summed E-state index contributed by atoms with van der Waals surface area (Å²) < 4.78 is 6.07. The van der Waals surface area contributed by atoms with Crippen molar-refractivity contribution in [3.63, 3.8) is 0 Å². The van der Waals surface area contributed by atoms with Crippen molar-refractivity contribution in [2.75, 3.05) is 11.9 Å². The van der Waals surface area contributed by atoms with E-state index in [0.29, 0.717) is 27.3 Å². The van der Waals surface area contributed by atoms with Gasteiger partial charge in [-0.3, -0.25) is 4.79 Å². The molecule has 4 rings (SSSR count). The maximum atomic E-state index is 13.6. The van der Waals surface area contributed by atoms with Crippen molar-refractivity contribution in [2.45, 2.75) is 33.6 Å². The number of hydrogen-bond acceptors (Lipinski definition) is 5. The molecule has 0 radical (unpaired) electrons. The van der Waals surface area contributed by atoms with Gasteiger partial charge in [-0.2, -0.15) is 0 Å². The fourth-order valence-corrected chi connectivity index (χ4v) is 5.06. The van der Waals surface area contributed by atoms with Crippen LogP contribution in [0.25, 0.3) is 22.2 Å². The molecule has 0 aliphatic heterocycles. The topological polar surface area (TPSA) is 68.3 Å². The average Bonchev–Trinajstić information content (AvgIpc) is 3.22. The SMILES string of the molecule is CCOC(=O)c1cc(C(C)C)sc1NC(=O)c1cc(-c2cccc(C)c2)nc2ccc(Br)cc12. The highest BCUT2D eigenvalue weighted by Crippen LogP contribution is 2.35. The highest BCUT2D eigenvalue weighted by atomic mass is 79.9. The summed E-state index contributed by atoms with van der Waals surface area (Å²) in [5.41, 5.74) is 4.33. The van der Waals surface area contributed by atoms with Gasteiger partial charge in [-0.05, 0) is 56.2 Å². The lowest BCUT2D eigenvalue weighted by molar-refractivity contribution is 0.0528. The largest absolute Gasteiger partial charge is 0.462 e. The van der Waals surface area contributed by atoms with Crippen molar-refractivity contribution in [3.05, 3.63) is 80.6 Å². The van der Waals surface area contributed by atoms with Crippen LogP contribution in [-0.2, 0) is 4.74 Å². The van der Waals surface area contributed by atoms with Crippen molar-refractivity contribution < 1.29 is 14.3 Å². The molecule has 0 aliphatic rings. The van der Waals surface area contributed by atoms with Crippen molar-refractivity contribution in [3.8, 4) is 11.3 Å². The fourth-order valence-electron chi connectivity index (χ4n) is 3.66. The number of amides is 1. The summed E-state index contributed by atoms with van der Waals surface area (Å²) in [6.45, 7) is 8.15. The Labute approximate surface area is 211 Å². The molecule has 0 fully saturated rings. The number of halogens is 1. The molecule has 5 nitrogen and oxygen atoms in total. The van der Waals surface area contributed by atoms with Gasteiger partial charge in [0.2, 0.25) is 0 Å². The van der Waals surface area contributed by atoms with E-state index in [-0.39, 0.29) is 18.4 Å². The van der Waals surface area contributed by atoms with E-state index in [1.165, 1.54) is 11.3 Å². The molecular formula is C27H25BrN2O3S. The van der Waals surface area contributed by atoms with Gasteiger partial charge >= 0.3 is 5.97 Å². The fraction of sp³-hybridized carbons (Fsp3) is 0.222. The summed E-state index contributed by atoms with van der Waals surface area (Å²) >= 11 is 4.90. The maximum Gasteiger partial charge on any atom is 0.341 e. The number of benzene rings is 2. The minimum Gasteiger partial charge on any atom is -0.462 e. The molecule has 34 heavy (non-hydrogen) atoms. The Hall–Kier alpha value is -3.03. The maximum absolute atomic E-state index is 13.6. The molecule has 174 valence electrons. The second kappa shape index (κ2) is 10.1. The summed E-state index contributed by atoms with van der Waals surface area (Å²) in [5.74, 6) is -0.527. The van der Waals surface area contributed by atoms with Crippen LogP contribution in [0.1, 0.15) is 57.8 Å². The molecule has 4 aromatic rings. The Kier molecular flexibility index (Phi) is 7.14. The zero-order valence-corrected chi connectivity index (χ0v) is 21.8. The van der Waals surface area contributed by atoms with Gasteiger partial charge in [0.25, 0.3) is 5.91 Å². The standard InChI is InChI=1S/C27H25BrN2O3S/c1-5-33-27(32)21-14-24(15(2)3)34-26(21)30-25(31)20-13-23(17-8-6-7-16(4)11-17)29-22-10-9-18(28)12-19(20)22/h6-15H,5H2,1-4H3,(H,30,31). The first-order valence-electron chi connectivity index (χ1n) is 11.1. The van der Waals surface area contributed by atoms with Crippen LogP contribution in [0.5, 0.6) is 0 Å². The number of hydrogen-bond donors (Lipinski definition) is 1. The number of ether oxygens (including phenoxy) is 1. The van der Waals surface area contributed by atoms with E-state index in [9.17, 15) is 9.59 Å². The number of carbonyl (C=O) groups is 2. The van der Waals surface area contributed by atoms with E-state index in [4.69, 9.17) is 9.72 Å². The van der Waals surface area contributed by atoms with Gasteiger partial charge in [-0.1, -0.05) is 53.5 Å². The quantitative estimate of drug-likeness (QED) is 0.258. The number of nitrogens with one attached hydrogen (secondary N) is 1. The zero-order chi connectivity index (χ0) is 24.4. The molecule has 7 heteroatoms. The predicted octanol–water partition coefficient (Wildman–Crippen LogP) is 7.59. The number of aromatic nitrogens is 1. The molecule has 2 aromatic heterocycles. The van der Waals surface area contributed by atoms with Crippen LogP contribution in [0.2, 0.25) is 0 Å². The van der Waals surface area contributed by atoms with Crippen molar-refractivity contribution >= 4 is 55.0 Å². The summed E-state index contributed by atoms with van der Waals surface area (Å²) in [4.78, 5) is 32.0. The number of esters is 1. The Morgan fingerprint density at radius 3 is 2.59 bits per heavy atom. The molecule has 1 N–H and O–H groups in total. The van der Waals surface area contributed by atoms with Crippen LogP contribution in [0.15, 0.2) is 59.1 Å². The van der Waals surface area contributed by atoms with Crippen LogP contribution in [-0.4, -0.2) is 23.5 Å². The lowest BCUT2D eigenvalue weighted by atomic mass is 10.0. The number of nitrogens with zero attached hydrogens (tertiary/aromatic N) is 1. The Morgan fingerprint density at radius 2 is 1.88 bits per heavy atom. The first kappa shape index (κ1) is 24.1. The summed E-state index contributed by atoms with van der Waals surface area (Å²) in [5, 5.41) is 4.19. The molecule has 0 saturated carbocycles. The molecule has 0 aliphatic carbocycles. The third-order valence-corrected chi connectivity index (χ3v) is 7.22. The van der Waals surface area contributed by atoms with Crippen LogP contribution < -0.4 is 5.32 Å². The number of carbonyl (C=O) groups excluding carboxylic acids is 2. The molecule has 0 spiro atoms. The summed E-state index contributed by atoms with van der Waals surface area (Å²) in [6, 6.07) is 17.3. The van der Waals surface area contributed by atoms with Gasteiger partial charge in [0.05, 0.1) is 28.9 Å². The highest BCUT2D eigenvalue weighted by Gasteiger charge is 2.22. The van der Waals surface area contributed by atoms with Gasteiger partial charge in [0, 0.05) is 20.3 Å². The van der Waals surface area contributed by atoms with Gasteiger partial charge in [-0.15, -0.1) is 11.3 Å². The first-order chi connectivity index (χ1) is 16.3. The van der Waals surface area contributed by atoms with E-state index >= 15 is 0 Å². The number of fused-ring (bicyclic) bond motifs is 1. The lowest BCUT2D eigenvalue weighted by Gasteiger charge is -2.12. The predicted molar refractivity (Wildman–Crippen MR) is 142 cm³/mol. The Morgan fingerprint density at radius 1 is 1.09 bits per heavy atom. The van der Waals surface area contributed by atoms with E-state index < -0.39 is 5.97 Å². The van der Waals surface area contributed by atoms with E-state index in [1.807, 2.05) is 69.3 Å². The summed E-state index contributed by atoms with van der Waals surface area (Å²) in [7, 11) is 0. The molecule has 2 aromatic carbocycles. The third-order valence-electron chi connectivity index (χ3n) is 5.37. The molecule has 0 saturated heterocycles. The van der Waals surface area contributed by atoms with Crippen molar-refractivity contribution in [1.29, 1.82) is 0 Å². The monoisotopic (exact) mass is 536 g/mol. The normalized spacial score (nSPS) is 11.1. The van der Waals surface area contributed by atoms with E-state index in [1.54, 1.807) is 13.0 Å². The number of rotatable bonds is 6. The van der Waals surface area contributed by atoms with Gasteiger partial charge in [-0.25, -0.2) is 9.78 Å². The second-order valence-corrected chi connectivity index (χ2v) is 10.3. The Bertz CT molecular complexity index is 1390. The second-order valence-electron chi connectivity index (χ2n) is 8.31. The average molecular weight is 537 g/mol. The van der Waals surface area contributed by atoms with Gasteiger partial charge in [0.1, 0.15) is 5.00 Å². The summed E-state index contributed by atoms with van der Waals surface area (Å²) in [6.07, 6.45) is 0. The van der Waals surface area contributed by atoms with Crippen molar-refractivity contribution in [1.82, 2.24) is 4.98 Å². The molecule has 0 unspecified atom stereocenters. The van der Waals surface area contributed by atoms with Crippen LogP contribution in [0, 0.1) is 6.92 Å². The van der Waals surface area contributed by atoms with Crippen LogP contribution in [0.3, 0.4) is 0 Å². The zero-order valence-electron chi connectivity index (χ0n) is 19.4. The minimum atomic E-state index is -0.441. The Balaban J connectivity index is 1.81. The van der Waals surface area contributed by atoms with Crippen LogP contribution in [0.4, 0.5) is 5.00 Å². The van der Waals surface area contributed by atoms with Crippen LogP contribution >= 0.6 is 27.3 Å². The minimum absolute atomic E-state index is 0.217. The molecule has 0 atom stereocenters. The first-order valence-corrected chi connectivity index (χ1v) is 12.7. The number of anilines is 1. The number of thiophene rings is 1. The molecule has 2 heterocycles. The highest BCUT2D eigenvalue weighted by molar-refractivity contribution is 9.10. The van der Waals surface area contributed by atoms with Crippen molar-refractivity contribution in [2.24, 2.45) is 0 Å². The van der Waals surface area contributed by atoms with E-state index in [0.717, 1.165) is 25.9 Å². The number of aryl methyl sites for hydroxylation is 1.